The zero-order chi connectivity index (χ0) is 10.5. The molecule has 0 radical (unpaired) electrons. The molecule has 1 heterocycles. The van der Waals surface area contributed by atoms with Crippen LogP contribution in [0.2, 0.25) is 0 Å². The van der Waals surface area contributed by atoms with Crippen molar-refractivity contribution < 1.29 is 0 Å². The van der Waals surface area contributed by atoms with E-state index in [9.17, 15) is 0 Å². The smallest absolute Gasteiger partial charge is 0.0541 e. The van der Waals surface area contributed by atoms with Crippen molar-refractivity contribution in [3.05, 3.63) is 54.1 Å². The summed E-state index contributed by atoms with van der Waals surface area (Å²) in [7, 11) is 0. The lowest BCUT2D eigenvalue weighted by Gasteiger charge is -1.97. The lowest BCUT2D eigenvalue weighted by molar-refractivity contribution is 1.52. The molecule has 76 valence electrons. The average molecular weight is 205 g/mol. The molecule has 1 N–H and O–H groups in total. The molecule has 16 heavy (non-hydrogen) atoms. The van der Waals surface area contributed by atoms with E-state index >= 15 is 0 Å². The van der Waals surface area contributed by atoms with Gasteiger partial charge in [-0.05, 0) is 18.1 Å². The largest absolute Gasteiger partial charge is 0.354 e. The van der Waals surface area contributed by atoms with E-state index in [0.29, 0.717) is 0 Å². The Balaban J connectivity index is 2.22. The fraction of sp³-hybridized carbons (Fsp3) is 0.0667. The number of aromatic nitrogens is 1. The van der Waals surface area contributed by atoms with E-state index in [-0.39, 0.29) is 0 Å². The molecule has 0 unspecified atom stereocenters. The molecule has 0 spiro atoms. The number of hydrogen-bond acceptors (Lipinski definition) is 0. The summed E-state index contributed by atoms with van der Waals surface area (Å²) in [5.74, 6) is 0. The Labute approximate surface area is 93.4 Å². The molecule has 4 rings (SSSR count). The highest BCUT2D eigenvalue weighted by Gasteiger charge is 2.15. The second-order valence-electron chi connectivity index (χ2n) is 4.33. The Kier molecular flexibility index (Phi) is 1.41. The van der Waals surface area contributed by atoms with Crippen LogP contribution in [0.1, 0.15) is 12.0 Å². The Bertz CT molecular complexity index is 731. The molecule has 0 aliphatic heterocycles. The van der Waals surface area contributed by atoms with Crippen molar-refractivity contribution in [1.29, 1.82) is 0 Å². The zero-order valence-electron chi connectivity index (χ0n) is 8.83. The predicted octanol–water partition coefficient (Wildman–Crippen LogP) is 4.11. The topological polar surface area (TPSA) is 15.8 Å². The highest BCUT2D eigenvalue weighted by atomic mass is 14.7. The molecule has 0 bridgehead atoms. The van der Waals surface area contributed by atoms with Crippen LogP contribution in [0.4, 0.5) is 0 Å². The van der Waals surface area contributed by atoms with Gasteiger partial charge in [-0.3, -0.25) is 0 Å². The maximum atomic E-state index is 3.53. The van der Waals surface area contributed by atoms with Gasteiger partial charge in [0.25, 0.3) is 0 Å². The van der Waals surface area contributed by atoms with Gasteiger partial charge in [-0.2, -0.15) is 0 Å². The van der Waals surface area contributed by atoms with Gasteiger partial charge >= 0.3 is 0 Å². The van der Waals surface area contributed by atoms with Crippen molar-refractivity contribution in [2.45, 2.75) is 6.42 Å². The first-order valence-corrected chi connectivity index (χ1v) is 5.62. The molecule has 3 aromatic rings. The number of H-pyrrole nitrogens is 1. The minimum Gasteiger partial charge on any atom is -0.354 e. The first kappa shape index (κ1) is 8.17. The summed E-state index contributed by atoms with van der Waals surface area (Å²) in [6.45, 7) is 0. The minimum atomic E-state index is 1.15. The van der Waals surface area contributed by atoms with Gasteiger partial charge in [0.1, 0.15) is 0 Å². The molecule has 0 saturated carbocycles. The summed E-state index contributed by atoms with van der Waals surface area (Å²) in [5, 5.41) is 2.65. The predicted molar refractivity (Wildman–Crippen MR) is 68.4 cm³/mol. The summed E-state index contributed by atoms with van der Waals surface area (Å²) in [5.41, 5.74) is 5.35. The van der Waals surface area contributed by atoms with E-state index in [2.05, 4.69) is 53.5 Å². The Morgan fingerprint density at radius 2 is 1.69 bits per heavy atom. The molecule has 1 aromatic heterocycles. The van der Waals surface area contributed by atoms with Gasteiger partial charge in [0, 0.05) is 21.9 Å². The molecular formula is C15H11N. The molecule has 2 aromatic carbocycles. The third kappa shape index (κ3) is 1.00. The number of benzene rings is 2. The van der Waals surface area contributed by atoms with Crippen molar-refractivity contribution in [1.82, 2.24) is 4.98 Å². The molecule has 0 saturated heterocycles. The van der Waals surface area contributed by atoms with Crippen LogP contribution in [0, 0.1) is 0 Å². The molecule has 1 aliphatic rings. The lowest BCUT2D eigenvalue weighted by atomic mass is 10.1. The van der Waals surface area contributed by atoms with E-state index in [1.54, 1.807) is 0 Å². The highest BCUT2D eigenvalue weighted by Crippen LogP contribution is 2.37. The van der Waals surface area contributed by atoms with E-state index < -0.39 is 0 Å². The molecule has 1 aliphatic carbocycles. The van der Waals surface area contributed by atoms with Gasteiger partial charge in [0.2, 0.25) is 0 Å². The third-order valence-corrected chi connectivity index (χ3v) is 3.30. The van der Waals surface area contributed by atoms with E-state index in [1.165, 1.54) is 32.9 Å². The standard InChI is InChI=1S/C15H11N/c1-2-7-14-12(4-1)13-6-3-5-11(10-8-9-10)15(13)16-14/h1-8,16H,9H2. The van der Waals surface area contributed by atoms with Gasteiger partial charge in [-0.25, -0.2) is 0 Å². The number of hydrogen-bond donors (Lipinski definition) is 1. The van der Waals surface area contributed by atoms with Gasteiger partial charge in [0.05, 0.1) is 5.52 Å². The molecular weight excluding hydrogens is 194 g/mol. The minimum absolute atomic E-state index is 1.15. The van der Waals surface area contributed by atoms with Crippen molar-refractivity contribution >= 4 is 27.4 Å². The second kappa shape index (κ2) is 2.76. The van der Waals surface area contributed by atoms with Crippen LogP contribution in [-0.4, -0.2) is 4.98 Å². The third-order valence-electron chi connectivity index (χ3n) is 3.30. The lowest BCUT2D eigenvalue weighted by Crippen LogP contribution is -1.76. The Hall–Kier alpha value is -2.02. The van der Waals surface area contributed by atoms with E-state index in [1.807, 2.05) is 0 Å². The maximum absolute atomic E-state index is 3.53. The number of allylic oxidation sites excluding steroid dienone is 2. The van der Waals surface area contributed by atoms with Gasteiger partial charge < -0.3 is 4.98 Å². The number of aromatic amines is 1. The first-order chi connectivity index (χ1) is 7.93. The second-order valence-corrected chi connectivity index (χ2v) is 4.33. The molecule has 0 fully saturated rings. The Morgan fingerprint density at radius 3 is 2.56 bits per heavy atom. The maximum Gasteiger partial charge on any atom is 0.0541 e. The number of rotatable bonds is 1. The normalized spacial score (nSPS) is 14.4. The van der Waals surface area contributed by atoms with Crippen LogP contribution in [0.15, 0.2) is 48.5 Å². The number of nitrogens with one attached hydrogen (secondary N) is 1. The summed E-state index contributed by atoms with van der Waals surface area (Å²) >= 11 is 0. The van der Waals surface area contributed by atoms with Crippen LogP contribution in [0.25, 0.3) is 27.4 Å². The fourth-order valence-electron chi connectivity index (χ4n) is 2.41. The summed E-state index contributed by atoms with van der Waals surface area (Å²) in [4.78, 5) is 3.53. The van der Waals surface area contributed by atoms with E-state index in [0.717, 1.165) is 6.42 Å². The summed E-state index contributed by atoms with van der Waals surface area (Å²) in [6, 6.07) is 15.0. The monoisotopic (exact) mass is 205 g/mol. The van der Waals surface area contributed by atoms with Gasteiger partial charge in [-0.1, -0.05) is 42.5 Å². The van der Waals surface area contributed by atoms with E-state index in [4.69, 9.17) is 0 Å². The quantitative estimate of drug-likeness (QED) is 0.615. The molecule has 0 amide bonds. The van der Waals surface area contributed by atoms with Crippen molar-refractivity contribution in [2.75, 3.05) is 0 Å². The average Bonchev–Trinajstić information content (AvgIpc) is 3.09. The van der Waals surface area contributed by atoms with Gasteiger partial charge in [-0.15, -0.1) is 0 Å². The summed E-state index contributed by atoms with van der Waals surface area (Å²) in [6.07, 6.45) is 3.43. The SMILES string of the molecule is C1=C(c2cccc3c2[nH]c2ccccc23)C1. The van der Waals surface area contributed by atoms with Gasteiger partial charge in [0.15, 0.2) is 0 Å². The molecule has 0 atom stereocenters. The molecule has 1 nitrogen and oxygen atoms in total. The van der Waals surface area contributed by atoms with Crippen LogP contribution in [0.5, 0.6) is 0 Å². The zero-order valence-corrected chi connectivity index (χ0v) is 8.83. The van der Waals surface area contributed by atoms with Crippen LogP contribution < -0.4 is 0 Å². The van der Waals surface area contributed by atoms with Crippen LogP contribution in [-0.2, 0) is 0 Å². The van der Waals surface area contributed by atoms with Crippen molar-refractivity contribution in [3.8, 4) is 0 Å². The Morgan fingerprint density at radius 1 is 0.875 bits per heavy atom. The summed E-state index contributed by atoms with van der Waals surface area (Å²) < 4.78 is 0. The number of para-hydroxylation sites is 2. The highest BCUT2D eigenvalue weighted by molar-refractivity contribution is 6.11. The number of fused-ring (bicyclic) bond motifs is 3. The molecule has 1 heteroatoms. The van der Waals surface area contributed by atoms with Crippen LogP contribution >= 0.6 is 0 Å². The van der Waals surface area contributed by atoms with Crippen molar-refractivity contribution in [2.24, 2.45) is 0 Å². The fourth-order valence-corrected chi connectivity index (χ4v) is 2.41. The first-order valence-electron chi connectivity index (χ1n) is 5.62. The van der Waals surface area contributed by atoms with Crippen LogP contribution in [0.3, 0.4) is 0 Å². The van der Waals surface area contributed by atoms with Crippen molar-refractivity contribution in [3.63, 3.8) is 0 Å².